The van der Waals surface area contributed by atoms with Gasteiger partial charge in [0.1, 0.15) is 5.75 Å². The summed E-state index contributed by atoms with van der Waals surface area (Å²) >= 11 is 0. The van der Waals surface area contributed by atoms with E-state index in [-0.39, 0.29) is 12.6 Å². The summed E-state index contributed by atoms with van der Waals surface area (Å²) in [7, 11) is 3.38. The monoisotopic (exact) mass is 293 g/mol. The first-order valence-corrected chi connectivity index (χ1v) is 7.64. The van der Waals surface area contributed by atoms with Gasteiger partial charge in [0.25, 0.3) is 0 Å². The SMILES string of the molecule is COCc1cc(C(C)NCC2(CCO)CC2)ccc1OC. The second-order valence-corrected chi connectivity index (χ2v) is 6.08. The van der Waals surface area contributed by atoms with E-state index in [9.17, 15) is 0 Å². The maximum atomic E-state index is 9.12. The number of ether oxygens (including phenoxy) is 2. The lowest BCUT2D eigenvalue weighted by Crippen LogP contribution is -2.27. The zero-order chi connectivity index (χ0) is 15.3. The molecule has 21 heavy (non-hydrogen) atoms. The van der Waals surface area contributed by atoms with Crippen LogP contribution in [-0.2, 0) is 11.3 Å². The summed E-state index contributed by atoms with van der Waals surface area (Å²) in [5.41, 5.74) is 2.65. The number of aliphatic hydroxyl groups is 1. The molecule has 0 aromatic heterocycles. The molecule has 0 spiro atoms. The van der Waals surface area contributed by atoms with Gasteiger partial charge in [-0.15, -0.1) is 0 Å². The Balaban J connectivity index is 1.98. The molecule has 2 rings (SSSR count). The lowest BCUT2D eigenvalue weighted by Gasteiger charge is -2.21. The number of hydrogen-bond acceptors (Lipinski definition) is 4. The molecule has 0 amide bonds. The summed E-state index contributed by atoms with van der Waals surface area (Å²) in [6.07, 6.45) is 3.36. The van der Waals surface area contributed by atoms with Gasteiger partial charge >= 0.3 is 0 Å². The van der Waals surface area contributed by atoms with Crippen LogP contribution in [0.3, 0.4) is 0 Å². The second-order valence-electron chi connectivity index (χ2n) is 6.08. The molecule has 0 heterocycles. The largest absolute Gasteiger partial charge is 0.496 e. The van der Waals surface area contributed by atoms with E-state index in [1.165, 1.54) is 18.4 Å². The van der Waals surface area contributed by atoms with E-state index in [0.29, 0.717) is 12.0 Å². The van der Waals surface area contributed by atoms with Crippen molar-refractivity contribution in [3.8, 4) is 5.75 Å². The molecule has 1 aromatic carbocycles. The number of benzene rings is 1. The van der Waals surface area contributed by atoms with Gasteiger partial charge in [0, 0.05) is 31.9 Å². The normalized spacial score (nSPS) is 17.5. The van der Waals surface area contributed by atoms with Crippen LogP contribution in [0.15, 0.2) is 18.2 Å². The molecule has 4 nitrogen and oxygen atoms in total. The molecule has 1 saturated carbocycles. The van der Waals surface area contributed by atoms with Crippen molar-refractivity contribution in [2.75, 3.05) is 27.4 Å². The van der Waals surface area contributed by atoms with Crippen LogP contribution in [0.1, 0.15) is 43.4 Å². The van der Waals surface area contributed by atoms with Gasteiger partial charge < -0.3 is 19.9 Å². The van der Waals surface area contributed by atoms with Crippen LogP contribution in [0.4, 0.5) is 0 Å². The van der Waals surface area contributed by atoms with Crippen molar-refractivity contribution in [2.45, 2.75) is 38.8 Å². The third-order valence-corrected chi connectivity index (χ3v) is 4.49. The predicted molar refractivity (Wildman–Crippen MR) is 83.5 cm³/mol. The maximum Gasteiger partial charge on any atom is 0.124 e. The van der Waals surface area contributed by atoms with Crippen molar-refractivity contribution in [3.63, 3.8) is 0 Å². The van der Waals surface area contributed by atoms with Gasteiger partial charge in [-0.25, -0.2) is 0 Å². The Morgan fingerprint density at radius 3 is 2.67 bits per heavy atom. The molecule has 0 aliphatic heterocycles. The Labute approximate surface area is 127 Å². The van der Waals surface area contributed by atoms with Crippen LogP contribution in [0, 0.1) is 5.41 Å². The van der Waals surface area contributed by atoms with Gasteiger partial charge in [0.2, 0.25) is 0 Å². The van der Waals surface area contributed by atoms with E-state index in [1.807, 2.05) is 6.07 Å². The van der Waals surface area contributed by atoms with E-state index >= 15 is 0 Å². The second kappa shape index (κ2) is 7.25. The Bertz CT molecular complexity index is 457. The van der Waals surface area contributed by atoms with E-state index in [2.05, 4.69) is 24.4 Å². The first kappa shape index (κ1) is 16.3. The van der Waals surface area contributed by atoms with Gasteiger partial charge in [-0.05, 0) is 49.3 Å². The van der Waals surface area contributed by atoms with E-state index < -0.39 is 0 Å². The minimum atomic E-state index is 0.280. The van der Waals surface area contributed by atoms with Crippen molar-refractivity contribution in [3.05, 3.63) is 29.3 Å². The number of nitrogens with one attached hydrogen (secondary N) is 1. The lowest BCUT2D eigenvalue weighted by atomic mass is 10.0. The highest BCUT2D eigenvalue weighted by molar-refractivity contribution is 5.38. The van der Waals surface area contributed by atoms with E-state index in [0.717, 1.165) is 24.3 Å². The molecule has 118 valence electrons. The molecular formula is C17H27NO3. The van der Waals surface area contributed by atoms with Crippen LogP contribution in [0.2, 0.25) is 0 Å². The summed E-state index contributed by atoms with van der Waals surface area (Å²) in [6, 6.07) is 6.53. The smallest absolute Gasteiger partial charge is 0.124 e. The number of rotatable bonds is 9. The van der Waals surface area contributed by atoms with Crippen molar-refractivity contribution >= 4 is 0 Å². The minimum Gasteiger partial charge on any atom is -0.496 e. The fraction of sp³-hybridized carbons (Fsp3) is 0.647. The van der Waals surface area contributed by atoms with Crippen molar-refractivity contribution < 1.29 is 14.6 Å². The first-order valence-electron chi connectivity index (χ1n) is 7.64. The highest BCUT2D eigenvalue weighted by Gasteiger charge is 2.41. The van der Waals surface area contributed by atoms with Crippen LogP contribution in [0.25, 0.3) is 0 Å². The fourth-order valence-corrected chi connectivity index (χ4v) is 2.75. The van der Waals surface area contributed by atoms with Crippen LogP contribution < -0.4 is 10.1 Å². The molecular weight excluding hydrogens is 266 g/mol. The molecule has 0 bridgehead atoms. The zero-order valence-corrected chi connectivity index (χ0v) is 13.3. The maximum absolute atomic E-state index is 9.12. The lowest BCUT2D eigenvalue weighted by molar-refractivity contribution is 0.181. The first-order chi connectivity index (χ1) is 10.1. The number of hydrogen-bond donors (Lipinski definition) is 2. The third-order valence-electron chi connectivity index (χ3n) is 4.49. The van der Waals surface area contributed by atoms with Gasteiger partial charge in [0.15, 0.2) is 0 Å². The van der Waals surface area contributed by atoms with Crippen LogP contribution >= 0.6 is 0 Å². The molecule has 1 aliphatic carbocycles. The molecule has 1 atom stereocenters. The van der Waals surface area contributed by atoms with Crippen LogP contribution in [0.5, 0.6) is 5.75 Å². The minimum absolute atomic E-state index is 0.280. The Morgan fingerprint density at radius 1 is 1.33 bits per heavy atom. The summed E-state index contributed by atoms with van der Waals surface area (Å²) in [5, 5.41) is 12.7. The molecule has 4 heteroatoms. The average Bonchev–Trinajstić information content (AvgIpc) is 3.25. The van der Waals surface area contributed by atoms with Crippen LogP contribution in [-0.4, -0.2) is 32.5 Å². The third kappa shape index (κ3) is 4.19. The molecule has 1 aliphatic rings. The molecule has 2 N–H and O–H groups in total. The summed E-state index contributed by atoms with van der Waals surface area (Å²) in [6.45, 7) is 3.99. The topological polar surface area (TPSA) is 50.7 Å². The standard InChI is InChI=1S/C17H27NO3/c1-13(18-12-17(6-7-17)8-9-19)14-4-5-16(21-3)15(10-14)11-20-2/h4-5,10,13,18-19H,6-9,11-12H2,1-3H3. The number of methoxy groups -OCH3 is 2. The highest BCUT2D eigenvalue weighted by atomic mass is 16.5. The summed E-state index contributed by atoms with van der Waals surface area (Å²) < 4.78 is 10.6. The molecule has 0 radical (unpaired) electrons. The molecule has 1 fully saturated rings. The summed E-state index contributed by atoms with van der Waals surface area (Å²) in [4.78, 5) is 0. The Kier molecular flexibility index (Phi) is 5.62. The quantitative estimate of drug-likeness (QED) is 0.735. The van der Waals surface area contributed by atoms with Gasteiger partial charge in [-0.2, -0.15) is 0 Å². The van der Waals surface area contributed by atoms with Gasteiger partial charge in [-0.1, -0.05) is 6.07 Å². The van der Waals surface area contributed by atoms with Crippen molar-refractivity contribution in [2.24, 2.45) is 5.41 Å². The van der Waals surface area contributed by atoms with Crippen molar-refractivity contribution in [1.29, 1.82) is 0 Å². The molecule has 0 saturated heterocycles. The number of aliphatic hydroxyl groups excluding tert-OH is 1. The van der Waals surface area contributed by atoms with E-state index in [1.54, 1.807) is 14.2 Å². The summed E-state index contributed by atoms with van der Waals surface area (Å²) in [5.74, 6) is 0.867. The van der Waals surface area contributed by atoms with Gasteiger partial charge in [-0.3, -0.25) is 0 Å². The molecule has 1 unspecified atom stereocenters. The highest BCUT2D eigenvalue weighted by Crippen LogP contribution is 2.48. The average molecular weight is 293 g/mol. The molecule has 1 aromatic rings. The Hall–Kier alpha value is -1.10. The fourth-order valence-electron chi connectivity index (χ4n) is 2.75. The van der Waals surface area contributed by atoms with Gasteiger partial charge in [0.05, 0.1) is 13.7 Å². The van der Waals surface area contributed by atoms with E-state index in [4.69, 9.17) is 14.6 Å². The van der Waals surface area contributed by atoms with Crippen molar-refractivity contribution in [1.82, 2.24) is 5.32 Å². The Morgan fingerprint density at radius 2 is 2.10 bits per heavy atom. The zero-order valence-electron chi connectivity index (χ0n) is 13.3. The predicted octanol–water partition coefficient (Wildman–Crippen LogP) is 2.65.